The van der Waals surface area contributed by atoms with Crippen molar-refractivity contribution >= 4 is 5.91 Å². The second kappa shape index (κ2) is 6.51. The second-order valence-electron chi connectivity index (χ2n) is 6.83. The lowest BCUT2D eigenvalue weighted by molar-refractivity contribution is -0.137. The smallest absolute Gasteiger partial charge is 0.342 e. The van der Waals surface area contributed by atoms with Crippen LogP contribution < -0.4 is 5.73 Å². The predicted molar refractivity (Wildman–Crippen MR) is 82.7 cm³/mol. The summed E-state index contributed by atoms with van der Waals surface area (Å²) in [6, 6.07) is 5.19. The van der Waals surface area contributed by atoms with E-state index in [1.165, 1.54) is 6.07 Å². The topological polar surface area (TPSA) is 46.3 Å². The summed E-state index contributed by atoms with van der Waals surface area (Å²) in [4.78, 5) is 14.3. The first-order valence-corrected chi connectivity index (χ1v) is 7.80. The van der Waals surface area contributed by atoms with Gasteiger partial charge in [-0.05, 0) is 36.4 Å². The van der Waals surface area contributed by atoms with Crippen LogP contribution in [0.5, 0.6) is 0 Å². The van der Waals surface area contributed by atoms with E-state index >= 15 is 0 Å². The van der Waals surface area contributed by atoms with Crippen LogP contribution in [0.25, 0.3) is 0 Å². The van der Waals surface area contributed by atoms with E-state index in [9.17, 15) is 18.0 Å². The molecule has 1 saturated heterocycles. The zero-order chi connectivity index (χ0) is 17.3. The molecule has 6 heteroatoms. The summed E-state index contributed by atoms with van der Waals surface area (Å²) in [7, 11) is 0. The summed E-state index contributed by atoms with van der Waals surface area (Å²) in [6.07, 6.45) is -3.19. The highest BCUT2D eigenvalue weighted by molar-refractivity contribution is 5.79. The Morgan fingerprint density at radius 2 is 2.13 bits per heavy atom. The maximum absolute atomic E-state index is 12.7. The quantitative estimate of drug-likeness (QED) is 0.923. The maximum Gasteiger partial charge on any atom is 0.416 e. The fourth-order valence-corrected chi connectivity index (χ4v) is 3.01. The number of hydrogen-bond acceptors (Lipinski definition) is 2. The number of halogens is 3. The van der Waals surface area contributed by atoms with Gasteiger partial charge in [0, 0.05) is 19.0 Å². The Kier molecular flexibility index (Phi) is 5.04. The minimum Gasteiger partial charge on any atom is -0.342 e. The van der Waals surface area contributed by atoms with Crippen LogP contribution >= 0.6 is 0 Å². The van der Waals surface area contributed by atoms with E-state index in [0.29, 0.717) is 31.6 Å². The molecule has 23 heavy (non-hydrogen) atoms. The maximum atomic E-state index is 12.7. The van der Waals surface area contributed by atoms with E-state index in [4.69, 9.17) is 5.73 Å². The lowest BCUT2D eigenvalue weighted by Gasteiger charge is -2.25. The number of nitrogens with zero attached hydrogens (tertiary/aromatic N) is 1. The van der Waals surface area contributed by atoms with Crippen molar-refractivity contribution in [1.82, 2.24) is 4.90 Å². The van der Waals surface area contributed by atoms with Crippen molar-refractivity contribution in [1.29, 1.82) is 0 Å². The molecular weight excluding hydrogens is 305 g/mol. The Labute approximate surface area is 134 Å². The molecule has 3 nitrogen and oxygen atoms in total. The van der Waals surface area contributed by atoms with Crippen LogP contribution in [0.2, 0.25) is 0 Å². The molecule has 1 amide bonds. The Bertz CT molecular complexity index is 573. The summed E-state index contributed by atoms with van der Waals surface area (Å²) in [5.41, 5.74) is 5.55. The third-order valence-corrected chi connectivity index (χ3v) is 4.58. The van der Waals surface area contributed by atoms with Gasteiger partial charge in [0.05, 0.1) is 5.56 Å². The average Bonchev–Trinajstić information content (AvgIpc) is 2.89. The SMILES string of the molecule is CC(Cc1cccc(C(F)(F)F)c1)C(=O)N1CCC(C)(CN)C1. The Hall–Kier alpha value is -1.56. The van der Waals surface area contributed by atoms with Crippen molar-refractivity contribution < 1.29 is 18.0 Å². The van der Waals surface area contributed by atoms with Crippen molar-refractivity contribution in [3.8, 4) is 0 Å². The van der Waals surface area contributed by atoms with Gasteiger partial charge in [-0.15, -0.1) is 0 Å². The largest absolute Gasteiger partial charge is 0.416 e. The molecule has 2 rings (SSSR count). The van der Waals surface area contributed by atoms with Gasteiger partial charge >= 0.3 is 6.18 Å². The fraction of sp³-hybridized carbons (Fsp3) is 0.588. The summed E-state index contributed by atoms with van der Waals surface area (Å²) in [5, 5.41) is 0. The number of alkyl halides is 3. The number of benzene rings is 1. The molecule has 1 aliphatic rings. The van der Waals surface area contributed by atoms with E-state index in [1.54, 1.807) is 17.9 Å². The number of nitrogens with two attached hydrogens (primary N) is 1. The number of carbonyl (C=O) groups is 1. The molecule has 0 bridgehead atoms. The lowest BCUT2D eigenvalue weighted by atomic mass is 9.90. The van der Waals surface area contributed by atoms with E-state index in [2.05, 4.69) is 6.92 Å². The first-order chi connectivity index (χ1) is 10.6. The van der Waals surface area contributed by atoms with Crippen LogP contribution in [0.15, 0.2) is 24.3 Å². The Morgan fingerprint density at radius 3 is 2.70 bits per heavy atom. The van der Waals surface area contributed by atoms with Crippen molar-refractivity contribution in [2.24, 2.45) is 17.1 Å². The molecule has 1 aliphatic heterocycles. The van der Waals surface area contributed by atoms with Crippen LogP contribution in [0.4, 0.5) is 13.2 Å². The number of amides is 1. The van der Waals surface area contributed by atoms with Gasteiger partial charge in [-0.2, -0.15) is 13.2 Å². The highest BCUT2D eigenvalue weighted by atomic mass is 19.4. The summed E-state index contributed by atoms with van der Waals surface area (Å²) < 4.78 is 38.2. The predicted octanol–water partition coefficient (Wildman–Crippen LogP) is 3.08. The first-order valence-electron chi connectivity index (χ1n) is 7.80. The van der Waals surface area contributed by atoms with E-state index in [1.807, 2.05) is 0 Å². The molecule has 2 atom stereocenters. The van der Waals surface area contributed by atoms with Crippen LogP contribution in [-0.2, 0) is 17.4 Å². The number of carbonyl (C=O) groups excluding carboxylic acids is 1. The Morgan fingerprint density at radius 1 is 1.43 bits per heavy atom. The third kappa shape index (κ3) is 4.25. The molecule has 0 radical (unpaired) electrons. The standard InChI is InChI=1S/C17H23F3N2O/c1-12(15(23)22-7-6-16(2,10-21)11-22)8-13-4-3-5-14(9-13)17(18,19)20/h3-5,9,12H,6-8,10-11,21H2,1-2H3. The molecule has 2 unspecified atom stereocenters. The van der Waals surface area contributed by atoms with Crippen LogP contribution in [-0.4, -0.2) is 30.4 Å². The zero-order valence-electron chi connectivity index (χ0n) is 13.5. The van der Waals surface area contributed by atoms with Gasteiger partial charge < -0.3 is 10.6 Å². The Balaban J connectivity index is 2.02. The zero-order valence-corrected chi connectivity index (χ0v) is 13.5. The lowest BCUT2D eigenvalue weighted by Crippen LogP contribution is -2.37. The van der Waals surface area contributed by atoms with Gasteiger partial charge in [0.2, 0.25) is 5.91 Å². The molecule has 128 valence electrons. The molecule has 0 saturated carbocycles. The normalized spacial score (nSPS) is 23.1. The van der Waals surface area contributed by atoms with E-state index in [0.717, 1.165) is 18.6 Å². The second-order valence-corrected chi connectivity index (χ2v) is 6.83. The molecular formula is C17H23F3N2O. The van der Waals surface area contributed by atoms with Crippen LogP contribution in [0.1, 0.15) is 31.4 Å². The molecule has 1 aromatic rings. The van der Waals surface area contributed by atoms with E-state index < -0.39 is 11.7 Å². The van der Waals surface area contributed by atoms with Gasteiger partial charge in [-0.25, -0.2) is 0 Å². The van der Waals surface area contributed by atoms with Gasteiger partial charge in [0.15, 0.2) is 0 Å². The molecule has 1 fully saturated rings. The third-order valence-electron chi connectivity index (χ3n) is 4.58. The monoisotopic (exact) mass is 328 g/mol. The minimum absolute atomic E-state index is 0.0143. The highest BCUT2D eigenvalue weighted by Crippen LogP contribution is 2.31. The van der Waals surface area contributed by atoms with Crippen LogP contribution in [0, 0.1) is 11.3 Å². The van der Waals surface area contributed by atoms with Gasteiger partial charge in [0.1, 0.15) is 0 Å². The highest BCUT2D eigenvalue weighted by Gasteiger charge is 2.36. The van der Waals surface area contributed by atoms with Gasteiger partial charge in [-0.1, -0.05) is 32.0 Å². The number of likely N-dealkylation sites (tertiary alicyclic amines) is 1. The first kappa shape index (κ1) is 17.8. The van der Waals surface area contributed by atoms with Gasteiger partial charge in [0.25, 0.3) is 0 Å². The molecule has 0 aromatic heterocycles. The van der Waals surface area contributed by atoms with Crippen molar-refractivity contribution in [2.45, 2.75) is 32.9 Å². The van der Waals surface area contributed by atoms with E-state index in [-0.39, 0.29) is 17.2 Å². The van der Waals surface area contributed by atoms with Crippen LogP contribution in [0.3, 0.4) is 0 Å². The number of rotatable bonds is 4. The van der Waals surface area contributed by atoms with Gasteiger partial charge in [-0.3, -0.25) is 4.79 Å². The minimum atomic E-state index is -4.36. The molecule has 0 aliphatic carbocycles. The molecule has 0 spiro atoms. The molecule has 2 N–H and O–H groups in total. The number of hydrogen-bond donors (Lipinski definition) is 1. The summed E-state index contributed by atoms with van der Waals surface area (Å²) in [6.45, 7) is 5.63. The van der Waals surface area contributed by atoms with Crippen molar-refractivity contribution in [3.63, 3.8) is 0 Å². The van der Waals surface area contributed by atoms with Crippen molar-refractivity contribution in [3.05, 3.63) is 35.4 Å². The average molecular weight is 328 g/mol. The molecule has 1 aromatic carbocycles. The molecule has 1 heterocycles. The summed E-state index contributed by atoms with van der Waals surface area (Å²) in [5.74, 6) is -0.363. The fourth-order valence-electron chi connectivity index (χ4n) is 3.01. The van der Waals surface area contributed by atoms with Crippen molar-refractivity contribution in [2.75, 3.05) is 19.6 Å². The summed E-state index contributed by atoms with van der Waals surface area (Å²) >= 11 is 0.